The van der Waals surface area contributed by atoms with Crippen LogP contribution in [0.15, 0.2) is 36.9 Å². The number of carbonyl (C=O) groups is 3. The molecule has 3 saturated heterocycles. The number of carboxylic acid groups (broad SMARTS) is 1. The van der Waals surface area contributed by atoms with Crippen molar-refractivity contribution in [3.63, 3.8) is 0 Å². The number of fused-ring (bicyclic) bond motifs is 1. The molecule has 0 aromatic heterocycles. The normalized spacial score (nSPS) is 32.9. The van der Waals surface area contributed by atoms with E-state index in [4.69, 9.17) is 16.3 Å². The molecule has 7 atom stereocenters. The second-order valence-electron chi connectivity index (χ2n) is 10.2. The number of carbonyl (C=O) groups excluding carboxylic acids is 2. The average Bonchev–Trinajstić information content (AvgIpc) is 3.39. The maximum absolute atomic E-state index is 14.4. The molecule has 2 bridgehead atoms. The molecule has 3 aliphatic rings. The van der Waals surface area contributed by atoms with Crippen LogP contribution in [0, 0.1) is 17.8 Å². The second-order valence-corrected chi connectivity index (χ2v) is 10.6. The third kappa shape index (κ3) is 3.77. The molecule has 4 rings (SSSR count). The van der Waals surface area contributed by atoms with Gasteiger partial charge in [0.15, 0.2) is 0 Å². The van der Waals surface area contributed by atoms with E-state index < -0.39 is 47.0 Å². The number of ether oxygens (including phenoxy) is 1. The standard InChI is InChI=1S/C26H33ClN2O6/c1-5-13-28(17-9-7-16(27)8-10-17)23(32)21-26-12-11-25(4,35-26)20(24(33)34)19(26)22(31)29(21)18(14-30)15(3)6-2/h5,7-10,15,18-21,30H,1,6,11-14H2,2-4H3,(H,33,34)/t15-,18-,19-,20+,21?,25-,26?/m0/s1. The Morgan fingerprint density at radius 2 is 2.00 bits per heavy atom. The van der Waals surface area contributed by atoms with Crippen LogP contribution < -0.4 is 4.90 Å². The number of hydrogen-bond acceptors (Lipinski definition) is 5. The number of hydrogen-bond donors (Lipinski definition) is 2. The number of amides is 2. The zero-order chi connectivity index (χ0) is 25.7. The Morgan fingerprint density at radius 3 is 2.54 bits per heavy atom. The lowest BCUT2D eigenvalue weighted by atomic mass is 9.66. The summed E-state index contributed by atoms with van der Waals surface area (Å²) in [6, 6.07) is 5.05. The maximum Gasteiger partial charge on any atom is 0.310 e. The van der Waals surface area contributed by atoms with E-state index in [1.54, 1.807) is 37.3 Å². The molecule has 2 N–H and O–H groups in total. The summed E-state index contributed by atoms with van der Waals surface area (Å²) < 4.78 is 6.45. The van der Waals surface area contributed by atoms with Gasteiger partial charge in [0, 0.05) is 17.3 Å². The monoisotopic (exact) mass is 504 g/mol. The SMILES string of the molecule is C=CCN(C(=O)C1N([C@@H](CO)[C@@H](C)CC)C(=O)[C@@H]2[C@H](C(=O)O)[C@]3(C)CCC12O3)c1ccc(Cl)cc1. The van der Waals surface area contributed by atoms with Gasteiger partial charge in [-0.05, 0) is 49.9 Å². The lowest BCUT2D eigenvalue weighted by Gasteiger charge is -2.41. The van der Waals surface area contributed by atoms with Crippen LogP contribution in [0.3, 0.4) is 0 Å². The molecule has 3 fully saturated rings. The number of aliphatic hydroxyl groups excluding tert-OH is 1. The average molecular weight is 505 g/mol. The first-order valence-electron chi connectivity index (χ1n) is 12.1. The molecular formula is C26H33ClN2O6. The van der Waals surface area contributed by atoms with Crippen molar-refractivity contribution in [2.24, 2.45) is 17.8 Å². The molecule has 8 nitrogen and oxygen atoms in total. The number of aliphatic hydroxyl groups is 1. The summed E-state index contributed by atoms with van der Waals surface area (Å²) in [6.45, 7) is 9.20. The first-order valence-corrected chi connectivity index (χ1v) is 12.5. The van der Waals surface area contributed by atoms with E-state index in [0.717, 1.165) is 0 Å². The minimum Gasteiger partial charge on any atom is -0.481 e. The first-order chi connectivity index (χ1) is 16.6. The Morgan fingerprint density at radius 1 is 1.34 bits per heavy atom. The predicted octanol–water partition coefficient (Wildman–Crippen LogP) is 3.12. The topological polar surface area (TPSA) is 107 Å². The van der Waals surface area contributed by atoms with Gasteiger partial charge < -0.3 is 24.7 Å². The van der Waals surface area contributed by atoms with E-state index in [9.17, 15) is 24.6 Å². The molecule has 3 heterocycles. The molecule has 0 radical (unpaired) electrons. The zero-order valence-corrected chi connectivity index (χ0v) is 21.1. The van der Waals surface area contributed by atoms with Crippen LogP contribution >= 0.6 is 11.6 Å². The van der Waals surface area contributed by atoms with Crippen LogP contribution in [0.2, 0.25) is 5.02 Å². The van der Waals surface area contributed by atoms with Gasteiger partial charge in [0.1, 0.15) is 11.6 Å². The van der Waals surface area contributed by atoms with Crippen molar-refractivity contribution in [3.05, 3.63) is 41.9 Å². The van der Waals surface area contributed by atoms with Gasteiger partial charge in [-0.3, -0.25) is 14.4 Å². The smallest absolute Gasteiger partial charge is 0.310 e. The summed E-state index contributed by atoms with van der Waals surface area (Å²) in [5.74, 6) is -4.11. The van der Waals surface area contributed by atoms with E-state index in [-0.39, 0.29) is 25.0 Å². The van der Waals surface area contributed by atoms with Gasteiger partial charge in [-0.15, -0.1) is 6.58 Å². The van der Waals surface area contributed by atoms with Gasteiger partial charge in [-0.1, -0.05) is 37.9 Å². The third-order valence-electron chi connectivity index (χ3n) is 8.28. The van der Waals surface area contributed by atoms with E-state index >= 15 is 0 Å². The lowest BCUT2D eigenvalue weighted by Crippen LogP contribution is -2.60. The second kappa shape index (κ2) is 9.22. The maximum atomic E-state index is 14.4. The number of rotatable bonds is 9. The minimum absolute atomic E-state index is 0.117. The van der Waals surface area contributed by atoms with Crippen molar-refractivity contribution < 1.29 is 29.3 Å². The summed E-state index contributed by atoms with van der Waals surface area (Å²) in [4.78, 5) is 43.7. The molecule has 2 unspecified atom stereocenters. The Bertz CT molecular complexity index is 1030. The van der Waals surface area contributed by atoms with E-state index in [1.165, 1.54) is 9.80 Å². The predicted molar refractivity (Wildman–Crippen MR) is 131 cm³/mol. The molecule has 190 valence electrons. The van der Waals surface area contributed by atoms with Crippen molar-refractivity contribution in [3.8, 4) is 0 Å². The number of likely N-dealkylation sites (tertiary alicyclic amines) is 1. The van der Waals surface area contributed by atoms with Crippen LogP contribution in [0.1, 0.15) is 40.0 Å². The van der Waals surface area contributed by atoms with Crippen LogP contribution in [0.5, 0.6) is 0 Å². The highest BCUT2D eigenvalue weighted by atomic mass is 35.5. The van der Waals surface area contributed by atoms with Crippen molar-refractivity contribution in [1.82, 2.24) is 4.90 Å². The van der Waals surface area contributed by atoms with Crippen molar-refractivity contribution >= 4 is 35.1 Å². The molecule has 3 aliphatic heterocycles. The molecule has 0 saturated carbocycles. The van der Waals surface area contributed by atoms with Gasteiger partial charge in [0.25, 0.3) is 5.91 Å². The molecule has 1 aromatic carbocycles. The fraction of sp³-hybridized carbons (Fsp3) is 0.577. The molecular weight excluding hydrogens is 472 g/mol. The largest absolute Gasteiger partial charge is 0.481 e. The van der Waals surface area contributed by atoms with Gasteiger partial charge in [0.05, 0.1) is 30.1 Å². The Labute approximate surface area is 210 Å². The first kappa shape index (κ1) is 25.7. The van der Waals surface area contributed by atoms with Gasteiger partial charge in [-0.2, -0.15) is 0 Å². The highest BCUT2D eigenvalue weighted by Gasteiger charge is 2.79. The molecule has 35 heavy (non-hydrogen) atoms. The fourth-order valence-electron chi connectivity index (χ4n) is 6.41. The fourth-order valence-corrected chi connectivity index (χ4v) is 6.54. The quantitative estimate of drug-likeness (QED) is 0.500. The summed E-state index contributed by atoms with van der Waals surface area (Å²) in [5, 5.41) is 21.0. The Balaban J connectivity index is 1.87. The van der Waals surface area contributed by atoms with Gasteiger partial charge in [0.2, 0.25) is 5.91 Å². The van der Waals surface area contributed by atoms with Crippen LogP contribution in [0.25, 0.3) is 0 Å². The highest BCUT2D eigenvalue weighted by molar-refractivity contribution is 6.30. The number of benzene rings is 1. The van der Waals surface area contributed by atoms with Crippen LogP contribution in [-0.2, 0) is 19.1 Å². The van der Waals surface area contributed by atoms with Crippen molar-refractivity contribution in [2.75, 3.05) is 18.1 Å². The van der Waals surface area contributed by atoms with Gasteiger partial charge in [-0.25, -0.2) is 0 Å². The highest BCUT2D eigenvalue weighted by Crippen LogP contribution is 2.63. The molecule has 1 spiro atoms. The van der Waals surface area contributed by atoms with E-state index in [2.05, 4.69) is 6.58 Å². The zero-order valence-electron chi connectivity index (χ0n) is 20.3. The van der Waals surface area contributed by atoms with Crippen molar-refractivity contribution in [1.29, 1.82) is 0 Å². The Kier molecular flexibility index (Phi) is 6.76. The number of aliphatic carboxylic acids is 1. The molecule has 9 heteroatoms. The number of anilines is 1. The number of halogens is 1. The van der Waals surface area contributed by atoms with Crippen LogP contribution in [0.4, 0.5) is 5.69 Å². The van der Waals surface area contributed by atoms with Crippen molar-refractivity contribution in [2.45, 2.75) is 63.3 Å². The van der Waals surface area contributed by atoms with Crippen LogP contribution in [-0.4, -0.2) is 69.3 Å². The summed E-state index contributed by atoms with van der Waals surface area (Å²) in [5.41, 5.74) is -1.74. The summed E-state index contributed by atoms with van der Waals surface area (Å²) in [7, 11) is 0. The lowest BCUT2D eigenvalue weighted by molar-refractivity contribution is -0.156. The Hall–Kier alpha value is -2.42. The molecule has 1 aromatic rings. The molecule has 0 aliphatic carbocycles. The third-order valence-corrected chi connectivity index (χ3v) is 8.53. The van der Waals surface area contributed by atoms with Gasteiger partial charge >= 0.3 is 5.97 Å². The molecule has 2 amide bonds. The van der Waals surface area contributed by atoms with E-state index in [0.29, 0.717) is 30.0 Å². The minimum atomic E-state index is -1.28. The number of nitrogens with zero attached hydrogens (tertiary/aromatic N) is 2. The summed E-state index contributed by atoms with van der Waals surface area (Å²) in [6.07, 6.45) is 3.08. The number of carboxylic acids is 1. The van der Waals surface area contributed by atoms with E-state index in [1.807, 2.05) is 13.8 Å². The summed E-state index contributed by atoms with van der Waals surface area (Å²) >= 11 is 6.06.